The summed E-state index contributed by atoms with van der Waals surface area (Å²) >= 11 is 0. The third kappa shape index (κ3) is 6.50. The molecule has 0 spiro atoms. The van der Waals surface area contributed by atoms with Gasteiger partial charge >= 0.3 is 5.97 Å². The Morgan fingerprint density at radius 2 is 1.92 bits per heavy atom. The van der Waals surface area contributed by atoms with Gasteiger partial charge in [-0.3, -0.25) is 9.69 Å². The number of carboxylic acid groups (broad SMARTS) is 1. The number of pyridine rings is 1. The van der Waals surface area contributed by atoms with Crippen LogP contribution in [0, 0.1) is 5.82 Å². The van der Waals surface area contributed by atoms with Crippen molar-refractivity contribution in [2.45, 2.75) is 6.42 Å². The van der Waals surface area contributed by atoms with Crippen LogP contribution in [0.1, 0.15) is 33.0 Å². The maximum atomic E-state index is 13.4. The molecule has 5 rings (SSSR count). The molecule has 38 heavy (non-hydrogen) atoms. The van der Waals surface area contributed by atoms with Crippen molar-refractivity contribution in [2.24, 2.45) is 4.99 Å². The van der Waals surface area contributed by atoms with Gasteiger partial charge in [-0.05, 0) is 35.9 Å². The Bertz CT molecular complexity index is 1330. The number of esters is 1. The van der Waals surface area contributed by atoms with E-state index in [9.17, 15) is 14.3 Å². The number of ether oxygens (including phenoxy) is 2. The molecule has 0 aliphatic carbocycles. The number of carbonyl (C=O) groups excluding carboxylic acids is 1. The summed E-state index contributed by atoms with van der Waals surface area (Å²) < 4.78 is 30.1. The van der Waals surface area contributed by atoms with Crippen LogP contribution in [-0.4, -0.2) is 78.2 Å². The second-order valence-electron chi connectivity index (χ2n) is 8.34. The molecule has 3 aromatic rings. The van der Waals surface area contributed by atoms with E-state index in [1.807, 2.05) is 6.07 Å². The minimum atomic E-state index is -0.677. The van der Waals surface area contributed by atoms with Gasteiger partial charge in [-0.25, -0.2) is 19.2 Å². The lowest BCUT2D eigenvalue weighted by atomic mass is 10.1. The van der Waals surface area contributed by atoms with Gasteiger partial charge < -0.3 is 24.1 Å². The van der Waals surface area contributed by atoms with Crippen LogP contribution in [0.15, 0.2) is 52.0 Å². The lowest BCUT2D eigenvalue weighted by Crippen LogP contribution is -2.38. The molecule has 1 aromatic carbocycles. The van der Waals surface area contributed by atoms with Crippen LogP contribution < -0.4 is 0 Å². The van der Waals surface area contributed by atoms with Gasteiger partial charge in [0.05, 0.1) is 13.2 Å². The number of fused-ring (bicyclic) bond motifs is 1. The van der Waals surface area contributed by atoms with Crippen LogP contribution in [0.25, 0.3) is 11.6 Å². The van der Waals surface area contributed by atoms with Crippen LogP contribution in [-0.2, 0) is 20.7 Å². The van der Waals surface area contributed by atoms with E-state index in [1.54, 1.807) is 36.7 Å². The van der Waals surface area contributed by atoms with Crippen LogP contribution in [0.2, 0.25) is 0 Å². The third-order valence-corrected chi connectivity index (χ3v) is 5.92. The number of nitrogens with zero attached hydrogens (tertiary/aromatic N) is 3. The first kappa shape index (κ1) is 26.7. The molecule has 0 atom stereocenters. The molecule has 0 radical (unpaired) electrons. The highest BCUT2D eigenvalue weighted by molar-refractivity contribution is 6.21. The molecule has 1 fully saturated rings. The minimum Gasteiger partial charge on any atom is -0.504 e. The molecule has 2 N–H and O–H groups in total. The number of aliphatic imine (C=N–C) groups is 1. The van der Waals surface area contributed by atoms with Crippen molar-refractivity contribution in [2.75, 3.05) is 39.5 Å². The van der Waals surface area contributed by atoms with E-state index in [-0.39, 0.29) is 48.2 Å². The van der Waals surface area contributed by atoms with Crippen molar-refractivity contribution >= 4 is 36.1 Å². The molecule has 2 aliphatic rings. The van der Waals surface area contributed by atoms with Crippen LogP contribution in [0.5, 0.6) is 5.75 Å². The minimum absolute atomic E-state index is 0.0375. The smallest absolute Gasteiger partial charge is 0.345 e. The molecule has 0 saturated carbocycles. The Balaban J connectivity index is 0.00000107. The largest absolute Gasteiger partial charge is 0.504 e. The van der Waals surface area contributed by atoms with Crippen LogP contribution in [0.4, 0.5) is 10.2 Å². The fraction of sp³-hybridized carbons (Fsp3) is 0.259. The van der Waals surface area contributed by atoms with Gasteiger partial charge in [0.25, 0.3) is 6.47 Å². The number of rotatable bonds is 7. The van der Waals surface area contributed by atoms with Crippen molar-refractivity contribution in [3.63, 3.8) is 0 Å². The predicted molar refractivity (Wildman–Crippen MR) is 136 cm³/mol. The summed E-state index contributed by atoms with van der Waals surface area (Å²) in [7, 11) is 0. The molecule has 0 unspecified atom stereocenters. The Kier molecular flexibility index (Phi) is 8.96. The van der Waals surface area contributed by atoms with Crippen molar-refractivity contribution in [1.29, 1.82) is 0 Å². The van der Waals surface area contributed by atoms with Crippen molar-refractivity contribution in [3.8, 4) is 5.75 Å². The second-order valence-corrected chi connectivity index (χ2v) is 8.34. The topological polar surface area (TPSA) is 135 Å². The van der Waals surface area contributed by atoms with Gasteiger partial charge in [-0.1, -0.05) is 12.1 Å². The first-order valence-corrected chi connectivity index (χ1v) is 11.9. The number of hydrogen-bond acceptors (Lipinski definition) is 9. The van der Waals surface area contributed by atoms with Crippen molar-refractivity contribution in [3.05, 3.63) is 76.6 Å². The number of halogens is 1. The fourth-order valence-corrected chi connectivity index (χ4v) is 4.05. The van der Waals surface area contributed by atoms with E-state index in [0.29, 0.717) is 31.1 Å². The quantitative estimate of drug-likeness (QED) is 0.352. The first-order valence-electron chi connectivity index (χ1n) is 11.9. The molecule has 10 nitrogen and oxygen atoms in total. The normalized spacial score (nSPS) is 15.6. The summed E-state index contributed by atoms with van der Waals surface area (Å²) in [5, 5.41) is 17.9. The van der Waals surface area contributed by atoms with Gasteiger partial charge in [0.2, 0.25) is 0 Å². The molecular formula is C27H26FN3O7. The number of benzene rings is 1. The lowest BCUT2D eigenvalue weighted by molar-refractivity contribution is -0.122. The monoisotopic (exact) mass is 523 g/mol. The number of morpholine rings is 1. The van der Waals surface area contributed by atoms with Gasteiger partial charge in [0.1, 0.15) is 23.7 Å². The maximum Gasteiger partial charge on any atom is 0.345 e. The standard InChI is InChI=1S/C26H24FN3O5.CH2O2/c27-19-5-3-17(4-6-19)14-21-23(26(32)34-13-10-30-8-11-33-12-9-30)24(31)22(35-21)15-18-16-29-25-20(18)2-1-7-28-25;2-1-3/h1-7,15-16,31H,8-14H2;1H,(H,2,3). The molecule has 0 bridgehead atoms. The zero-order valence-electron chi connectivity index (χ0n) is 20.4. The van der Waals surface area contributed by atoms with Crippen molar-refractivity contribution in [1.82, 2.24) is 9.88 Å². The summed E-state index contributed by atoms with van der Waals surface area (Å²) in [6, 6.07) is 9.53. The summed E-state index contributed by atoms with van der Waals surface area (Å²) in [5.74, 6) is -0.435. The van der Waals surface area contributed by atoms with Gasteiger partial charge in [0.15, 0.2) is 17.3 Å². The molecule has 2 aliphatic heterocycles. The zero-order chi connectivity index (χ0) is 26.9. The van der Waals surface area contributed by atoms with Crippen molar-refractivity contribution < 1.29 is 38.1 Å². The predicted octanol–water partition coefficient (Wildman–Crippen LogP) is 3.56. The summed E-state index contributed by atoms with van der Waals surface area (Å²) in [5.41, 5.74) is 2.17. The molecule has 4 heterocycles. The number of carbonyl (C=O) groups is 2. The molecule has 1 saturated heterocycles. The van der Waals surface area contributed by atoms with Gasteiger partial charge in [-0.15, -0.1) is 0 Å². The number of aromatic nitrogens is 1. The van der Waals surface area contributed by atoms with E-state index in [1.165, 1.54) is 12.1 Å². The number of aromatic hydroxyl groups is 1. The van der Waals surface area contributed by atoms with E-state index in [0.717, 1.165) is 24.2 Å². The first-order chi connectivity index (χ1) is 18.5. The molecule has 0 amide bonds. The second kappa shape index (κ2) is 12.7. The molecule has 198 valence electrons. The Morgan fingerprint density at radius 1 is 1.18 bits per heavy atom. The molecule has 11 heteroatoms. The number of furan rings is 1. The Hall–Kier alpha value is -4.35. The average Bonchev–Trinajstić information content (AvgIpc) is 3.47. The molecular weight excluding hydrogens is 497 g/mol. The SMILES string of the molecule is O=C(OCCN1CCOCC1)c1c(Cc2ccc(F)cc2)oc(C=C2C=Nc3ncccc32)c1O.O=CO. The Labute approximate surface area is 217 Å². The van der Waals surface area contributed by atoms with E-state index in [4.69, 9.17) is 23.8 Å². The average molecular weight is 524 g/mol. The third-order valence-electron chi connectivity index (χ3n) is 5.92. The van der Waals surface area contributed by atoms with Gasteiger partial charge in [-0.2, -0.15) is 0 Å². The zero-order valence-corrected chi connectivity index (χ0v) is 20.4. The van der Waals surface area contributed by atoms with E-state index < -0.39 is 5.97 Å². The Morgan fingerprint density at radius 3 is 2.66 bits per heavy atom. The highest BCUT2D eigenvalue weighted by Crippen LogP contribution is 2.37. The summed E-state index contributed by atoms with van der Waals surface area (Å²) in [6.45, 7) is 3.34. The lowest BCUT2D eigenvalue weighted by Gasteiger charge is -2.26. The highest BCUT2D eigenvalue weighted by Gasteiger charge is 2.27. The van der Waals surface area contributed by atoms with Crippen LogP contribution in [0.3, 0.4) is 0 Å². The number of allylic oxidation sites excluding steroid dienone is 1. The number of hydrogen-bond donors (Lipinski definition) is 2. The molecule has 2 aromatic heterocycles. The van der Waals surface area contributed by atoms with E-state index >= 15 is 0 Å². The van der Waals surface area contributed by atoms with Gasteiger partial charge in [0, 0.05) is 49.6 Å². The van der Waals surface area contributed by atoms with E-state index in [2.05, 4.69) is 14.9 Å². The maximum absolute atomic E-state index is 13.4. The fourth-order valence-electron chi connectivity index (χ4n) is 4.05. The highest BCUT2D eigenvalue weighted by atomic mass is 19.1. The summed E-state index contributed by atoms with van der Waals surface area (Å²) in [6.07, 6.45) is 5.07. The summed E-state index contributed by atoms with van der Waals surface area (Å²) in [4.78, 5) is 32.0. The van der Waals surface area contributed by atoms with Crippen LogP contribution >= 0.6 is 0 Å².